The van der Waals surface area contributed by atoms with Crippen molar-refractivity contribution in [2.24, 2.45) is 23.2 Å². The number of sulfonamides is 1. The molecule has 1 unspecified atom stereocenters. The molecule has 2 saturated carbocycles. The van der Waals surface area contributed by atoms with Crippen LogP contribution in [0.4, 0.5) is 0 Å². The van der Waals surface area contributed by atoms with Crippen LogP contribution in [0.1, 0.15) is 78.6 Å². The predicted octanol–water partition coefficient (Wildman–Crippen LogP) is 5.63. The Hall–Kier alpha value is -4.98. The third-order valence-corrected chi connectivity index (χ3v) is 13.6. The first-order chi connectivity index (χ1) is 27.1. The second-order valence-corrected chi connectivity index (χ2v) is 19.0. The number of aliphatic carboxylic acids is 1. The van der Waals surface area contributed by atoms with E-state index in [1.165, 1.54) is 4.90 Å². The van der Waals surface area contributed by atoms with Gasteiger partial charge in [-0.3, -0.25) is 23.9 Å². The molecule has 4 aliphatic rings. The van der Waals surface area contributed by atoms with Crippen molar-refractivity contribution in [3.63, 3.8) is 0 Å². The number of methoxy groups -OCH3 is 1. The molecule has 1 aromatic heterocycles. The van der Waals surface area contributed by atoms with Gasteiger partial charge >= 0.3 is 5.97 Å². The minimum absolute atomic E-state index is 0.0247. The van der Waals surface area contributed by atoms with Gasteiger partial charge in [-0.05, 0) is 56.1 Å². The lowest BCUT2D eigenvalue weighted by molar-refractivity contribution is -0.157. The number of fused-ring (bicyclic) bond motifs is 3. The lowest BCUT2D eigenvalue weighted by Crippen LogP contribution is -2.57. The lowest BCUT2D eigenvalue weighted by Gasteiger charge is -2.36. The number of rotatable bonds is 9. The molecule has 3 heterocycles. The standard InChI is InChI=1S/C43H52N4O9S/c1-42(2,3)37(40(50)51)32-16-12-7-5-6-11-15-27-24-43(27,41(52)46-57(53,54)30-18-19-30)45-38(48)35-22-29(25-47(35)39(32)49)56-36-23-33(26-13-9-8-10-14-26)44-34-21-28(55-4)17-20-31(34)36/h8-11,13-15,17,20-21,23,27,29-30,32,35,37H,5-7,12,16,18-19,22,24-25H2,1-4H3,(H,45,48)(H,46,52)(H,50,51)/t27-,29-,32-,35+,37?,43-/m1/s1. The summed E-state index contributed by atoms with van der Waals surface area (Å²) < 4.78 is 40.3. The van der Waals surface area contributed by atoms with Crippen LogP contribution in [0.25, 0.3) is 22.2 Å². The number of aromatic nitrogens is 1. The molecule has 2 aromatic carbocycles. The van der Waals surface area contributed by atoms with Gasteiger partial charge in [-0.2, -0.15) is 0 Å². The van der Waals surface area contributed by atoms with Gasteiger partial charge in [0.25, 0.3) is 5.91 Å². The molecular weight excluding hydrogens is 749 g/mol. The molecule has 3 aromatic rings. The first kappa shape index (κ1) is 40.2. The zero-order chi connectivity index (χ0) is 40.7. The van der Waals surface area contributed by atoms with Gasteiger partial charge in [-0.25, -0.2) is 13.4 Å². The number of benzene rings is 2. The lowest BCUT2D eigenvalue weighted by atomic mass is 9.71. The maximum Gasteiger partial charge on any atom is 0.307 e. The smallest absolute Gasteiger partial charge is 0.307 e. The van der Waals surface area contributed by atoms with Gasteiger partial charge in [-0.15, -0.1) is 0 Å². The summed E-state index contributed by atoms with van der Waals surface area (Å²) in [6.07, 6.45) is 7.39. The average molecular weight is 801 g/mol. The van der Waals surface area contributed by atoms with Crippen LogP contribution in [-0.4, -0.2) is 83.7 Å². The first-order valence-corrected chi connectivity index (χ1v) is 21.4. The number of amides is 3. The molecule has 2 aliphatic heterocycles. The Kier molecular flexibility index (Phi) is 11.1. The molecule has 0 spiro atoms. The van der Waals surface area contributed by atoms with Crippen molar-refractivity contribution in [1.82, 2.24) is 19.9 Å². The van der Waals surface area contributed by atoms with Gasteiger partial charge < -0.3 is 24.8 Å². The van der Waals surface area contributed by atoms with Crippen molar-refractivity contribution < 1.29 is 42.2 Å². The molecule has 13 nitrogen and oxygen atoms in total. The van der Waals surface area contributed by atoms with Gasteiger partial charge in [0.1, 0.15) is 29.2 Å². The molecule has 1 saturated heterocycles. The fourth-order valence-corrected chi connectivity index (χ4v) is 9.90. The fraction of sp³-hybridized carbons (Fsp3) is 0.512. The van der Waals surface area contributed by atoms with Gasteiger partial charge in [0.05, 0.1) is 42.0 Å². The number of nitrogens with zero attached hydrogens (tertiary/aromatic N) is 2. The maximum atomic E-state index is 14.9. The molecule has 57 heavy (non-hydrogen) atoms. The summed E-state index contributed by atoms with van der Waals surface area (Å²) in [6, 6.07) is 15.7. The van der Waals surface area contributed by atoms with Crippen LogP contribution < -0.4 is 19.5 Å². The molecule has 3 fully saturated rings. The van der Waals surface area contributed by atoms with Crippen LogP contribution in [0.3, 0.4) is 0 Å². The summed E-state index contributed by atoms with van der Waals surface area (Å²) >= 11 is 0. The highest BCUT2D eigenvalue weighted by Crippen LogP contribution is 2.47. The second-order valence-electron chi connectivity index (χ2n) is 17.0. The van der Waals surface area contributed by atoms with Crippen LogP contribution in [0, 0.1) is 23.2 Å². The van der Waals surface area contributed by atoms with Crippen LogP contribution in [0.15, 0.2) is 66.7 Å². The Labute approximate surface area is 333 Å². The molecule has 0 radical (unpaired) electrons. The normalized spacial score (nSPS) is 26.3. The highest BCUT2D eigenvalue weighted by atomic mass is 32.2. The maximum absolute atomic E-state index is 14.9. The Morgan fingerprint density at radius 1 is 1.04 bits per heavy atom. The van der Waals surface area contributed by atoms with Crippen molar-refractivity contribution in [3.8, 4) is 22.8 Å². The molecule has 14 heteroatoms. The van der Waals surface area contributed by atoms with Crippen molar-refractivity contribution in [2.75, 3.05) is 13.7 Å². The Balaban J connectivity index is 1.26. The van der Waals surface area contributed by atoms with Crippen LogP contribution in [0.5, 0.6) is 11.5 Å². The second kappa shape index (κ2) is 15.8. The summed E-state index contributed by atoms with van der Waals surface area (Å²) in [4.78, 5) is 62.6. The minimum atomic E-state index is -3.91. The van der Waals surface area contributed by atoms with E-state index in [9.17, 15) is 32.7 Å². The number of allylic oxidation sites excluding steroid dienone is 1. The predicted molar refractivity (Wildman–Crippen MR) is 214 cm³/mol. The number of hydrogen-bond donors (Lipinski definition) is 3. The van der Waals surface area contributed by atoms with Crippen LogP contribution in [-0.2, 0) is 29.2 Å². The van der Waals surface area contributed by atoms with Crippen LogP contribution in [0.2, 0.25) is 0 Å². The molecule has 304 valence electrons. The van der Waals surface area contributed by atoms with E-state index < -0.39 is 79.8 Å². The zero-order valence-corrected chi connectivity index (χ0v) is 33.7. The van der Waals surface area contributed by atoms with Crippen molar-refractivity contribution in [1.29, 1.82) is 0 Å². The van der Waals surface area contributed by atoms with E-state index in [-0.39, 0.29) is 19.4 Å². The topological polar surface area (TPSA) is 181 Å². The van der Waals surface area contributed by atoms with E-state index in [1.807, 2.05) is 60.7 Å². The largest absolute Gasteiger partial charge is 0.497 e. The fourth-order valence-electron chi connectivity index (χ4n) is 8.53. The van der Waals surface area contributed by atoms with Gasteiger partial charge in [-0.1, -0.05) is 76.1 Å². The van der Waals surface area contributed by atoms with Crippen molar-refractivity contribution >= 4 is 44.6 Å². The van der Waals surface area contributed by atoms with E-state index in [0.717, 1.165) is 18.4 Å². The molecule has 3 N–H and O–H groups in total. The van der Waals surface area contributed by atoms with E-state index >= 15 is 0 Å². The molecule has 6 atom stereocenters. The summed E-state index contributed by atoms with van der Waals surface area (Å²) in [5.41, 5.74) is -0.200. The summed E-state index contributed by atoms with van der Waals surface area (Å²) in [7, 11) is -2.34. The van der Waals surface area contributed by atoms with E-state index in [2.05, 4.69) is 10.0 Å². The highest BCUT2D eigenvalue weighted by Gasteiger charge is 2.62. The van der Waals surface area contributed by atoms with Gasteiger partial charge in [0.15, 0.2) is 0 Å². The Morgan fingerprint density at radius 2 is 1.79 bits per heavy atom. The monoisotopic (exact) mass is 800 g/mol. The molecule has 7 rings (SSSR count). The zero-order valence-electron chi connectivity index (χ0n) is 32.9. The number of carbonyl (C=O) groups is 4. The molecule has 2 aliphatic carbocycles. The average Bonchev–Trinajstić information content (AvgIpc) is 4.09. The van der Waals surface area contributed by atoms with Gasteiger partial charge in [0, 0.05) is 35.4 Å². The van der Waals surface area contributed by atoms with Gasteiger partial charge in [0.2, 0.25) is 21.8 Å². The number of ether oxygens (including phenoxy) is 2. The highest BCUT2D eigenvalue weighted by molar-refractivity contribution is 7.91. The van der Waals surface area contributed by atoms with E-state index in [1.54, 1.807) is 33.9 Å². The third kappa shape index (κ3) is 8.51. The first-order valence-electron chi connectivity index (χ1n) is 19.9. The number of carbonyl (C=O) groups excluding carboxylic acids is 3. The molecular formula is C43H52N4O9S. The number of nitrogens with one attached hydrogen (secondary N) is 2. The van der Waals surface area contributed by atoms with Crippen molar-refractivity contribution in [3.05, 3.63) is 66.7 Å². The summed E-state index contributed by atoms with van der Waals surface area (Å²) in [6.45, 7) is 5.39. The van der Waals surface area contributed by atoms with Crippen molar-refractivity contribution in [2.45, 2.75) is 101 Å². The minimum Gasteiger partial charge on any atom is -0.497 e. The SMILES string of the molecule is COc1ccc2c(O[C@@H]3C[C@H]4C(=O)N[C@]5(C(=O)NS(=O)(=O)C6CC6)C[C@H]5C=CCCCCC[C@H](C(C(=O)O)C(C)(C)C)C(=O)N4C3)cc(-c3ccccc3)nc2c1. The number of carboxylic acid groups (broad SMARTS) is 1. The number of carboxylic acids is 1. The van der Waals surface area contributed by atoms with Crippen LogP contribution >= 0.6 is 0 Å². The Morgan fingerprint density at radius 3 is 2.47 bits per heavy atom. The third-order valence-electron chi connectivity index (χ3n) is 11.8. The summed E-state index contributed by atoms with van der Waals surface area (Å²) in [5.74, 6) is -4.33. The number of pyridine rings is 1. The Bertz CT molecular complexity index is 2180. The van der Waals surface area contributed by atoms with E-state index in [4.69, 9.17) is 14.5 Å². The molecule has 0 bridgehead atoms. The summed E-state index contributed by atoms with van der Waals surface area (Å²) in [5, 5.41) is 13.5. The number of hydrogen-bond acceptors (Lipinski definition) is 9. The quantitative estimate of drug-likeness (QED) is 0.230. The van der Waals surface area contributed by atoms with E-state index in [0.29, 0.717) is 60.2 Å². The molecule has 3 amide bonds.